The lowest BCUT2D eigenvalue weighted by Crippen LogP contribution is -2.13. The SMILES string of the molecule is CCOc1cc(/C=C(\C#N)C(=O)Nc2ccc(C)c(C)c2)cc(Br)c1OCC(=O)O. The first kappa shape index (κ1) is 23.0. The molecule has 0 atom stereocenters. The fourth-order valence-electron chi connectivity index (χ4n) is 2.54. The summed E-state index contributed by atoms with van der Waals surface area (Å²) in [6.07, 6.45) is 1.42. The van der Waals surface area contributed by atoms with E-state index in [4.69, 9.17) is 14.6 Å². The molecule has 7 nitrogen and oxygen atoms in total. The molecular formula is C22H21BrN2O5. The fraction of sp³-hybridized carbons (Fsp3) is 0.227. The van der Waals surface area contributed by atoms with Crippen LogP contribution in [-0.2, 0) is 9.59 Å². The average molecular weight is 473 g/mol. The van der Waals surface area contributed by atoms with Gasteiger partial charge in [0.25, 0.3) is 5.91 Å². The minimum atomic E-state index is -1.12. The van der Waals surface area contributed by atoms with Crippen LogP contribution in [-0.4, -0.2) is 30.2 Å². The van der Waals surface area contributed by atoms with Gasteiger partial charge >= 0.3 is 5.97 Å². The molecule has 2 aromatic carbocycles. The van der Waals surface area contributed by atoms with Crippen LogP contribution < -0.4 is 14.8 Å². The molecule has 0 spiro atoms. The predicted octanol–water partition coefficient (Wildman–Crippen LogP) is 4.47. The van der Waals surface area contributed by atoms with Gasteiger partial charge < -0.3 is 19.9 Å². The van der Waals surface area contributed by atoms with Crippen LogP contribution in [0.2, 0.25) is 0 Å². The molecule has 0 aromatic heterocycles. The number of rotatable bonds is 8. The van der Waals surface area contributed by atoms with E-state index in [0.29, 0.717) is 28.1 Å². The van der Waals surface area contributed by atoms with Gasteiger partial charge in [-0.3, -0.25) is 4.79 Å². The molecule has 0 aliphatic heterocycles. The minimum absolute atomic E-state index is 0.0956. The molecule has 156 valence electrons. The summed E-state index contributed by atoms with van der Waals surface area (Å²) in [6, 6.07) is 10.6. The molecule has 0 aliphatic rings. The van der Waals surface area contributed by atoms with E-state index in [-0.39, 0.29) is 11.3 Å². The Morgan fingerprint density at radius 3 is 2.53 bits per heavy atom. The van der Waals surface area contributed by atoms with Crippen molar-refractivity contribution < 1.29 is 24.2 Å². The van der Waals surface area contributed by atoms with E-state index < -0.39 is 18.5 Å². The molecule has 0 saturated heterocycles. The first-order chi connectivity index (χ1) is 14.2. The van der Waals surface area contributed by atoms with E-state index in [9.17, 15) is 14.9 Å². The quantitative estimate of drug-likeness (QED) is 0.433. The summed E-state index contributed by atoms with van der Waals surface area (Å²) >= 11 is 3.32. The topological polar surface area (TPSA) is 109 Å². The Morgan fingerprint density at radius 2 is 1.93 bits per heavy atom. The molecule has 0 fully saturated rings. The van der Waals surface area contributed by atoms with Gasteiger partial charge in [-0.15, -0.1) is 0 Å². The highest BCUT2D eigenvalue weighted by molar-refractivity contribution is 9.10. The van der Waals surface area contributed by atoms with E-state index in [1.165, 1.54) is 6.08 Å². The molecule has 0 radical (unpaired) electrons. The summed E-state index contributed by atoms with van der Waals surface area (Å²) in [7, 11) is 0. The molecule has 0 heterocycles. The summed E-state index contributed by atoms with van der Waals surface area (Å²) in [6.45, 7) is 5.47. The number of hydrogen-bond donors (Lipinski definition) is 2. The number of anilines is 1. The molecule has 1 amide bonds. The number of amides is 1. The zero-order chi connectivity index (χ0) is 22.3. The standard InChI is InChI=1S/C22H21BrN2O5/c1-4-29-19-10-15(9-18(23)21(19)30-12-20(26)27)8-16(11-24)22(28)25-17-6-5-13(2)14(3)7-17/h5-10H,4,12H2,1-3H3,(H,25,28)(H,26,27)/b16-8+. The molecule has 2 aromatic rings. The first-order valence-electron chi connectivity index (χ1n) is 9.06. The molecule has 2 rings (SSSR count). The molecular weight excluding hydrogens is 452 g/mol. The van der Waals surface area contributed by atoms with E-state index in [1.54, 1.807) is 25.1 Å². The highest BCUT2D eigenvalue weighted by atomic mass is 79.9. The number of carbonyl (C=O) groups excluding carboxylic acids is 1. The third-order valence-corrected chi connectivity index (χ3v) is 4.70. The van der Waals surface area contributed by atoms with Crippen LogP contribution in [0, 0.1) is 25.2 Å². The van der Waals surface area contributed by atoms with Crippen LogP contribution in [0.5, 0.6) is 11.5 Å². The van der Waals surface area contributed by atoms with Gasteiger partial charge in [0.05, 0.1) is 11.1 Å². The highest BCUT2D eigenvalue weighted by Gasteiger charge is 2.15. The Hall–Kier alpha value is -3.31. The molecule has 0 saturated carbocycles. The van der Waals surface area contributed by atoms with Crippen LogP contribution in [0.3, 0.4) is 0 Å². The maximum atomic E-state index is 12.5. The number of nitriles is 1. The smallest absolute Gasteiger partial charge is 0.341 e. The number of carboxylic acids is 1. The van der Waals surface area contributed by atoms with E-state index in [2.05, 4.69) is 21.2 Å². The van der Waals surface area contributed by atoms with Crippen molar-refractivity contribution in [2.24, 2.45) is 0 Å². The van der Waals surface area contributed by atoms with Crippen molar-refractivity contribution in [2.75, 3.05) is 18.5 Å². The second-order valence-corrected chi connectivity index (χ2v) is 7.22. The molecule has 0 bridgehead atoms. The number of benzene rings is 2. The summed E-state index contributed by atoms with van der Waals surface area (Å²) in [4.78, 5) is 23.3. The number of nitrogens with one attached hydrogen (secondary N) is 1. The summed E-state index contributed by atoms with van der Waals surface area (Å²) in [5, 5.41) is 21.0. The Balaban J connectivity index is 2.33. The van der Waals surface area contributed by atoms with Gasteiger partial charge in [-0.05, 0) is 83.7 Å². The van der Waals surface area contributed by atoms with Gasteiger partial charge in [-0.25, -0.2) is 4.79 Å². The molecule has 0 aliphatic carbocycles. The summed E-state index contributed by atoms with van der Waals surface area (Å²) in [5.74, 6) is -1.13. The van der Waals surface area contributed by atoms with E-state index >= 15 is 0 Å². The number of carboxylic acid groups (broad SMARTS) is 1. The number of ether oxygens (including phenoxy) is 2. The van der Waals surface area contributed by atoms with E-state index in [1.807, 2.05) is 32.0 Å². The maximum absolute atomic E-state index is 12.5. The van der Waals surface area contributed by atoms with Crippen molar-refractivity contribution in [3.8, 4) is 17.6 Å². The van der Waals surface area contributed by atoms with Crippen LogP contribution in [0.4, 0.5) is 5.69 Å². The highest BCUT2D eigenvalue weighted by Crippen LogP contribution is 2.37. The van der Waals surface area contributed by atoms with Crippen molar-refractivity contribution in [1.29, 1.82) is 5.26 Å². The molecule has 30 heavy (non-hydrogen) atoms. The third-order valence-electron chi connectivity index (χ3n) is 4.11. The fourth-order valence-corrected chi connectivity index (χ4v) is 3.12. The Morgan fingerprint density at radius 1 is 1.20 bits per heavy atom. The van der Waals surface area contributed by atoms with Gasteiger partial charge in [0.2, 0.25) is 0 Å². The lowest BCUT2D eigenvalue weighted by atomic mass is 10.1. The van der Waals surface area contributed by atoms with Gasteiger partial charge in [0, 0.05) is 5.69 Å². The van der Waals surface area contributed by atoms with Crippen molar-refractivity contribution in [2.45, 2.75) is 20.8 Å². The van der Waals surface area contributed by atoms with Crippen molar-refractivity contribution in [1.82, 2.24) is 0 Å². The second kappa shape index (κ2) is 10.5. The van der Waals surface area contributed by atoms with Gasteiger partial charge in [0.15, 0.2) is 18.1 Å². The molecule has 8 heteroatoms. The monoisotopic (exact) mass is 472 g/mol. The Kier molecular flexibility index (Phi) is 8.01. The number of aryl methyl sites for hydroxylation is 2. The molecule has 2 N–H and O–H groups in total. The lowest BCUT2D eigenvalue weighted by Gasteiger charge is -2.13. The first-order valence-corrected chi connectivity index (χ1v) is 9.85. The Labute approximate surface area is 183 Å². The largest absolute Gasteiger partial charge is 0.490 e. The van der Waals surface area contributed by atoms with Gasteiger partial charge in [-0.1, -0.05) is 6.07 Å². The van der Waals surface area contributed by atoms with Crippen LogP contribution in [0.1, 0.15) is 23.6 Å². The number of hydrogen-bond acceptors (Lipinski definition) is 5. The van der Waals surface area contributed by atoms with Crippen LogP contribution >= 0.6 is 15.9 Å². The number of halogens is 1. The maximum Gasteiger partial charge on any atom is 0.341 e. The Bertz CT molecular complexity index is 1040. The number of carbonyl (C=O) groups is 2. The zero-order valence-electron chi connectivity index (χ0n) is 16.8. The van der Waals surface area contributed by atoms with Crippen molar-refractivity contribution >= 4 is 39.6 Å². The summed E-state index contributed by atoms with van der Waals surface area (Å²) < 4.78 is 11.2. The van der Waals surface area contributed by atoms with Gasteiger partial charge in [-0.2, -0.15) is 5.26 Å². The lowest BCUT2D eigenvalue weighted by molar-refractivity contribution is -0.139. The van der Waals surface area contributed by atoms with Gasteiger partial charge in [0.1, 0.15) is 11.6 Å². The van der Waals surface area contributed by atoms with Crippen molar-refractivity contribution in [3.63, 3.8) is 0 Å². The minimum Gasteiger partial charge on any atom is -0.490 e. The zero-order valence-corrected chi connectivity index (χ0v) is 18.4. The average Bonchev–Trinajstić information content (AvgIpc) is 2.68. The molecule has 0 unspecified atom stereocenters. The van der Waals surface area contributed by atoms with Crippen LogP contribution in [0.25, 0.3) is 6.08 Å². The third kappa shape index (κ3) is 6.09. The second-order valence-electron chi connectivity index (χ2n) is 6.37. The van der Waals surface area contributed by atoms with Crippen LogP contribution in [0.15, 0.2) is 40.4 Å². The normalized spacial score (nSPS) is 10.8. The summed E-state index contributed by atoms with van der Waals surface area (Å²) in [5.41, 5.74) is 3.14. The number of aliphatic carboxylic acids is 1. The van der Waals surface area contributed by atoms with Crippen molar-refractivity contribution in [3.05, 3.63) is 57.1 Å². The predicted molar refractivity (Wildman–Crippen MR) is 117 cm³/mol. The van der Waals surface area contributed by atoms with E-state index in [0.717, 1.165) is 11.1 Å². The number of nitrogens with zero attached hydrogens (tertiary/aromatic N) is 1.